The molecule has 0 aliphatic rings. The van der Waals surface area contributed by atoms with Crippen molar-refractivity contribution in [2.45, 2.75) is 0 Å². The summed E-state index contributed by atoms with van der Waals surface area (Å²) >= 11 is 5.22. The smallest absolute Gasteiger partial charge is 0.342 e. The first-order valence-corrected chi connectivity index (χ1v) is 3.78. The zero-order valence-corrected chi connectivity index (χ0v) is 7.66. The predicted octanol–water partition coefficient (Wildman–Crippen LogP) is 2.54. The minimum absolute atomic E-state index is 0.230. The summed E-state index contributed by atoms with van der Waals surface area (Å²) in [6.45, 7) is 0. The molecule has 0 atom stereocenters. The summed E-state index contributed by atoms with van der Waals surface area (Å²) in [5, 5.41) is -0.922. The van der Waals surface area contributed by atoms with Gasteiger partial charge in [0.05, 0.1) is 12.1 Å². The van der Waals surface area contributed by atoms with E-state index in [2.05, 4.69) is 4.74 Å². The number of carbonyl (C=O) groups excluding carboxylic acids is 1. The van der Waals surface area contributed by atoms with E-state index in [1.165, 1.54) is 0 Å². The number of benzene rings is 1. The average Bonchev–Trinajstić information content (AvgIpc) is 2.14. The molecule has 1 aromatic rings. The highest BCUT2D eigenvalue weighted by Gasteiger charge is 2.23. The third kappa shape index (κ3) is 1.68. The van der Waals surface area contributed by atoms with Gasteiger partial charge in [-0.1, -0.05) is 11.6 Å². The largest absolute Gasteiger partial charge is 0.465 e. The summed E-state index contributed by atoms with van der Waals surface area (Å²) in [6, 6.07) is 0.230. The average molecular weight is 225 g/mol. The molecule has 0 spiro atoms. The third-order valence-corrected chi connectivity index (χ3v) is 1.86. The highest BCUT2D eigenvalue weighted by atomic mass is 35.5. The molecule has 14 heavy (non-hydrogen) atoms. The summed E-state index contributed by atoms with van der Waals surface area (Å²) in [6.07, 6.45) is 0. The Labute approximate surface area is 82.2 Å². The Morgan fingerprint density at radius 2 is 1.93 bits per heavy atom. The molecular weight excluding hydrogens is 221 g/mol. The fourth-order valence-electron chi connectivity index (χ4n) is 0.855. The molecule has 0 radical (unpaired) electrons. The number of halogens is 4. The number of rotatable bonds is 1. The van der Waals surface area contributed by atoms with Crippen LogP contribution in [0.4, 0.5) is 13.2 Å². The van der Waals surface area contributed by atoms with Crippen LogP contribution in [0.5, 0.6) is 0 Å². The molecule has 0 bridgehead atoms. The van der Waals surface area contributed by atoms with Crippen LogP contribution in [0.15, 0.2) is 6.07 Å². The van der Waals surface area contributed by atoms with Gasteiger partial charge in [-0.15, -0.1) is 0 Å². The van der Waals surface area contributed by atoms with E-state index in [1.54, 1.807) is 0 Å². The van der Waals surface area contributed by atoms with Crippen molar-refractivity contribution in [1.82, 2.24) is 0 Å². The maximum absolute atomic E-state index is 12.9. The first kappa shape index (κ1) is 10.8. The quantitative estimate of drug-likeness (QED) is 0.416. The first-order valence-electron chi connectivity index (χ1n) is 3.40. The van der Waals surface area contributed by atoms with Gasteiger partial charge in [0.1, 0.15) is 11.4 Å². The Morgan fingerprint density at radius 1 is 1.36 bits per heavy atom. The second-order valence-electron chi connectivity index (χ2n) is 2.33. The zero-order chi connectivity index (χ0) is 10.9. The summed E-state index contributed by atoms with van der Waals surface area (Å²) in [7, 11) is 0.972. The van der Waals surface area contributed by atoms with Gasteiger partial charge in [0.2, 0.25) is 0 Å². The van der Waals surface area contributed by atoms with Crippen LogP contribution in [0.3, 0.4) is 0 Å². The molecule has 0 aliphatic carbocycles. The van der Waals surface area contributed by atoms with Crippen LogP contribution in [0.2, 0.25) is 5.02 Å². The van der Waals surface area contributed by atoms with E-state index < -0.39 is 34.0 Å². The lowest BCUT2D eigenvalue weighted by Gasteiger charge is -2.04. The molecule has 0 aliphatic heterocycles. The van der Waals surface area contributed by atoms with Crippen LogP contribution in [0, 0.1) is 17.5 Å². The molecule has 2 nitrogen and oxygen atoms in total. The molecule has 0 fully saturated rings. The summed E-state index contributed by atoms with van der Waals surface area (Å²) < 4.78 is 42.4. The highest BCUT2D eigenvalue weighted by molar-refractivity contribution is 6.33. The Bertz CT molecular complexity index is 393. The summed E-state index contributed by atoms with van der Waals surface area (Å²) in [5.74, 6) is -5.36. The standard InChI is InChI=1S/C8H4ClF3O2/c1-14-8(13)5-3(10)2-4(11)7(12)6(5)9/h2H,1H3. The topological polar surface area (TPSA) is 26.3 Å². The zero-order valence-electron chi connectivity index (χ0n) is 6.91. The lowest BCUT2D eigenvalue weighted by atomic mass is 10.2. The molecule has 1 aromatic carbocycles. The van der Waals surface area contributed by atoms with E-state index in [-0.39, 0.29) is 6.07 Å². The molecule has 76 valence electrons. The summed E-state index contributed by atoms with van der Waals surface area (Å²) in [5.41, 5.74) is -0.812. The van der Waals surface area contributed by atoms with Gasteiger partial charge in [0.15, 0.2) is 11.6 Å². The monoisotopic (exact) mass is 224 g/mol. The van der Waals surface area contributed by atoms with Gasteiger partial charge in [-0.05, 0) is 0 Å². The van der Waals surface area contributed by atoms with Crippen LogP contribution < -0.4 is 0 Å². The first-order chi connectivity index (χ1) is 6.49. The third-order valence-electron chi connectivity index (χ3n) is 1.50. The Morgan fingerprint density at radius 3 is 2.43 bits per heavy atom. The van der Waals surface area contributed by atoms with Crippen LogP contribution in [-0.2, 0) is 4.74 Å². The molecule has 0 N–H and O–H groups in total. The van der Waals surface area contributed by atoms with E-state index in [4.69, 9.17) is 11.6 Å². The molecular formula is C8H4ClF3O2. The minimum Gasteiger partial charge on any atom is -0.465 e. The van der Waals surface area contributed by atoms with Gasteiger partial charge in [-0.2, -0.15) is 0 Å². The van der Waals surface area contributed by atoms with Crippen LogP contribution in [-0.4, -0.2) is 13.1 Å². The van der Waals surface area contributed by atoms with E-state index in [9.17, 15) is 18.0 Å². The highest BCUT2D eigenvalue weighted by Crippen LogP contribution is 2.25. The van der Waals surface area contributed by atoms with Crippen molar-refractivity contribution in [2.24, 2.45) is 0 Å². The number of carbonyl (C=O) groups is 1. The van der Waals surface area contributed by atoms with Crippen molar-refractivity contribution in [3.63, 3.8) is 0 Å². The van der Waals surface area contributed by atoms with Crippen molar-refractivity contribution in [3.05, 3.63) is 34.1 Å². The molecule has 0 amide bonds. The van der Waals surface area contributed by atoms with Gasteiger partial charge >= 0.3 is 5.97 Å². The lowest BCUT2D eigenvalue weighted by molar-refractivity contribution is 0.0595. The predicted molar refractivity (Wildman–Crippen MR) is 42.7 cm³/mol. The molecule has 6 heteroatoms. The van der Waals surface area contributed by atoms with E-state index >= 15 is 0 Å². The normalized spacial score (nSPS) is 10.1. The Kier molecular flexibility index (Phi) is 3.00. The number of esters is 1. The number of hydrogen-bond donors (Lipinski definition) is 0. The van der Waals surface area contributed by atoms with E-state index in [0.29, 0.717) is 0 Å². The number of hydrogen-bond acceptors (Lipinski definition) is 2. The second-order valence-corrected chi connectivity index (χ2v) is 2.71. The summed E-state index contributed by atoms with van der Waals surface area (Å²) in [4.78, 5) is 10.9. The maximum atomic E-state index is 12.9. The van der Waals surface area contributed by atoms with Crippen molar-refractivity contribution in [3.8, 4) is 0 Å². The van der Waals surface area contributed by atoms with Gasteiger partial charge in [-0.25, -0.2) is 18.0 Å². The lowest BCUT2D eigenvalue weighted by Crippen LogP contribution is -2.08. The van der Waals surface area contributed by atoms with Gasteiger partial charge in [0, 0.05) is 6.07 Å². The molecule has 0 unspecified atom stereocenters. The fourth-order valence-corrected chi connectivity index (χ4v) is 1.11. The Balaban J connectivity index is 3.44. The van der Waals surface area contributed by atoms with Crippen LogP contribution >= 0.6 is 11.6 Å². The molecule has 0 aromatic heterocycles. The van der Waals surface area contributed by atoms with Crippen molar-refractivity contribution in [2.75, 3.05) is 7.11 Å². The van der Waals surface area contributed by atoms with Gasteiger partial charge in [0.25, 0.3) is 0 Å². The van der Waals surface area contributed by atoms with E-state index in [0.717, 1.165) is 7.11 Å². The number of methoxy groups -OCH3 is 1. The van der Waals surface area contributed by atoms with Crippen molar-refractivity contribution >= 4 is 17.6 Å². The molecule has 0 saturated carbocycles. The molecule has 1 rings (SSSR count). The van der Waals surface area contributed by atoms with Crippen molar-refractivity contribution in [1.29, 1.82) is 0 Å². The second kappa shape index (κ2) is 3.88. The Hall–Kier alpha value is -1.23. The van der Waals surface area contributed by atoms with Crippen molar-refractivity contribution < 1.29 is 22.7 Å². The van der Waals surface area contributed by atoms with E-state index in [1.807, 2.05) is 0 Å². The van der Waals surface area contributed by atoms with Crippen LogP contribution in [0.25, 0.3) is 0 Å². The van der Waals surface area contributed by atoms with Gasteiger partial charge in [-0.3, -0.25) is 0 Å². The fraction of sp³-hybridized carbons (Fsp3) is 0.125. The SMILES string of the molecule is COC(=O)c1c(F)cc(F)c(F)c1Cl. The molecule has 0 heterocycles. The van der Waals surface area contributed by atoms with Gasteiger partial charge < -0.3 is 4.74 Å². The maximum Gasteiger partial charge on any atom is 0.342 e. The van der Waals surface area contributed by atoms with Crippen LogP contribution in [0.1, 0.15) is 10.4 Å². The molecule has 0 saturated heterocycles. The number of ether oxygens (including phenoxy) is 1. The minimum atomic E-state index is -1.48.